The molecule has 4 aromatic heterocycles. The van der Waals surface area contributed by atoms with Crippen LogP contribution in [0.25, 0.3) is 100 Å². The molecule has 262 valence electrons. The smallest absolute Gasteiger partial charge is 0.165 e. The fourth-order valence-electron chi connectivity index (χ4n) is 8.00. The Morgan fingerprint density at radius 2 is 0.804 bits per heavy atom. The van der Waals surface area contributed by atoms with Crippen LogP contribution in [-0.4, -0.2) is 29.1 Å². The second kappa shape index (κ2) is 13.0. The third-order valence-corrected chi connectivity index (χ3v) is 10.6. The van der Waals surface area contributed by atoms with E-state index in [1.54, 1.807) is 0 Å². The minimum absolute atomic E-state index is 0.565. The molecular weight excluding hydrogens is 685 g/mol. The quantitative estimate of drug-likeness (QED) is 0.172. The molecule has 0 amide bonds. The van der Waals surface area contributed by atoms with E-state index in [9.17, 15) is 0 Å². The normalized spacial score (nSPS) is 11.6. The fourth-order valence-corrected chi connectivity index (χ4v) is 8.00. The Morgan fingerprint density at radius 3 is 1.45 bits per heavy atom. The molecule has 4 heterocycles. The first-order valence-corrected chi connectivity index (χ1v) is 18.7. The van der Waals surface area contributed by atoms with Gasteiger partial charge in [0.05, 0.1) is 22.1 Å². The molecule has 0 unspecified atom stereocenters. The molecule has 11 rings (SSSR count). The van der Waals surface area contributed by atoms with Crippen LogP contribution in [0.15, 0.2) is 194 Å². The van der Waals surface area contributed by atoms with Crippen LogP contribution in [-0.2, 0) is 0 Å². The number of nitrogens with zero attached hydrogens (tertiary/aromatic N) is 6. The van der Waals surface area contributed by atoms with Gasteiger partial charge in [-0.25, -0.2) is 19.9 Å². The highest BCUT2D eigenvalue weighted by atomic mass is 15.1. The first kappa shape index (κ1) is 31.8. The van der Waals surface area contributed by atoms with Crippen molar-refractivity contribution in [3.8, 4) is 56.8 Å². The van der Waals surface area contributed by atoms with Crippen molar-refractivity contribution in [1.29, 1.82) is 0 Å². The van der Waals surface area contributed by atoms with Gasteiger partial charge in [-0.05, 0) is 65.7 Å². The van der Waals surface area contributed by atoms with Crippen LogP contribution in [0.2, 0.25) is 0 Å². The number of aromatic nitrogens is 6. The lowest BCUT2D eigenvalue weighted by atomic mass is 10.0. The number of hydrogen-bond acceptors (Lipinski definition) is 4. The predicted octanol–water partition coefficient (Wildman–Crippen LogP) is 12.1. The molecule has 11 aromatic rings. The molecule has 0 saturated heterocycles. The Kier molecular flexibility index (Phi) is 7.38. The SMILES string of the molecule is c1ccc(-c2cccc(-c3nc(-c4ccccc4)nc(-c4ccc(-n5c6ccccc6c6cc7c(cc65)c5ccccc5n7-c5ccccc5)nc4)n3)c2)cc1. The summed E-state index contributed by atoms with van der Waals surface area (Å²) in [5.74, 6) is 2.60. The van der Waals surface area contributed by atoms with Gasteiger partial charge in [0, 0.05) is 50.1 Å². The highest BCUT2D eigenvalue weighted by Gasteiger charge is 2.19. The van der Waals surface area contributed by atoms with E-state index in [2.05, 4.69) is 161 Å². The van der Waals surface area contributed by atoms with Crippen LogP contribution in [0, 0.1) is 0 Å². The summed E-state index contributed by atoms with van der Waals surface area (Å²) in [7, 11) is 0. The van der Waals surface area contributed by atoms with Crippen LogP contribution < -0.4 is 0 Å². The summed E-state index contributed by atoms with van der Waals surface area (Å²) >= 11 is 0. The molecule has 6 heteroatoms. The van der Waals surface area contributed by atoms with Gasteiger partial charge in [0.1, 0.15) is 5.82 Å². The third kappa shape index (κ3) is 5.27. The monoisotopic (exact) mass is 716 g/mol. The van der Waals surface area contributed by atoms with E-state index in [1.807, 2.05) is 42.6 Å². The van der Waals surface area contributed by atoms with Gasteiger partial charge < -0.3 is 4.57 Å². The Bertz CT molecular complexity index is 3220. The van der Waals surface area contributed by atoms with Gasteiger partial charge in [-0.2, -0.15) is 0 Å². The Morgan fingerprint density at radius 1 is 0.304 bits per heavy atom. The second-order valence-electron chi connectivity index (χ2n) is 14.0. The molecule has 56 heavy (non-hydrogen) atoms. The third-order valence-electron chi connectivity index (χ3n) is 10.6. The maximum absolute atomic E-state index is 5.11. The number of para-hydroxylation sites is 3. The topological polar surface area (TPSA) is 61.4 Å². The predicted molar refractivity (Wildman–Crippen MR) is 228 cm³/mol. The Labute approximate surface area is 322 Å². The zero-order valence-corrected chi connectivity index (χ0v) is 30.2. The summed E-state index contributed by atoms with van der Waals surface area (Å²) in [5, 5.41) is 4.75. The van der Waals surface area contributed by atoms with Crippen molar-refractivity contribution in [3.63, 3.8) is 0 Å². The molecule has 0 spiro atoms. The van der Waals surface area contributed by atoms with Crippen molar-refractivity contribution < 1.29 is 0 Å². The van der Waals surface area contributed by atoms with Gasteiger partial charge >= 0.3 is 0 Å². The second-order valence-corrected chi connectivity index (χ2v) is 14.0. The lowest BCUT2D eigenvalue weighted by Crippen LogP contribution is -2.02. The zero-order valence-electron chi connectivity index (χ0n) is 30.2. The van der Waals surface area contributed by atoms with Crippen molar-refractivity contribution in [2.45, 2.75) is 0 Å². The molecule has 0 fully saturated rings. The number of pyridine rings is 1. The number of hydrogen-bond donors (Lipinski definition) is 0. The van der Waals surface area contributed by atoms with E-state index < -0.39 is 0 Å². The molecule has 0 radical (unpaired) electrons. The van der Waals surface area contributed by atoms with E-state index in [4.69, 9.17) is 19.9 Å². The van der Waals surface area contributed by atoms with Gasteiger partial charge in [0.15, 0.2) is 17.5 Å². The number of rotatable bonds is 6. The number of benzene rings is 7. The van der Waals surface area contributed by atoms with E-state index in [-0.39, 0.29) is 0 Å². The van der Waals surface area contributed by atoms with Crippen molar-refractivity contribution in [2.24, 2.45) is 0 Å². The largest absolute Gasteiger partial charge is 0.309 e. The summed E-state index contributed by atoms with van der Waals surface area (Å²) < 4.78 is 4.64. The first-order valence-electron chi connectivity index (χ1n) is 18.7. The molecule has 6 nitrogen and oxygen atoms in total. The zero-order chi connectivity index (χ0) is 37.0. The van der Waals surface area contributed by atoms with Crippen molar-refractivity contribution >= 4 is 43.6 Å². The fraction of sp³-hybridized carbons (Fsp3) is 0. The lowest BCUT2D eigenvalue weighted by Gasteiger charge is -2.11. The average Bonchev–Trinajstić information content (AvgIpc) is 3.78. The van der Waals surface area contributed by atoms with E-state index >= 15 is 0 Å². The van der Waals surface area contributed by atoms with Crippen LogP contribution in [0.3, 0.4) is 0 Å². The van der Waals surface area contributed by atoms with Gasteiger partial charge in [-0.1, -0.05) is 133 Å². The maximum Gasteiger partial charge on any atom is 0.165 e. The highest BCUT2D eigenvalue weighted by molar-refractivity contribution is 6.19. The van der Waals surface area contributed by atoms with Gasteiger partial charge in [-0.3, -0.25) is 4.57 Å². The minimum atomic E-state index is 0.565. The molecule has 0 saturated carbocycles. The molecular formula is C50H32N6. The summed E-state index contributed by atoms with van der Waals surface area (Å²) in [6, 6.07) is 65.4. The molecule has 0 aliphatic carbocycles. The van der Waals surface area contributed by atoms with Crippen molar-refractivity contribution in [3.05, 3.63) is 194 Å². The van der Waals surface area contributed by atoms with Crippen molar-refractivity contribution in [2.75, 3.05) is 0 Å². The van der Waals surface area contributed by atoms with Crippen molar-refractivity contribution in [1.82, 2.24) is 29.1 Å². The molecule has 0 N–H and O–H groups in total. The van der Waals surface area contributed by atoms with Crippen LogP contribution in [0.5, 0.6) is 0 Å². The average molecular weight is 717 g/mol. The standard InChI is InChI=1S/C50H32N6/c1-4-15-33(16-5-1)35-19-14-20-36(29-35)49-52-48(34-17-6-2-7-18-34)53-50(54-49)37-27-28-47(51-32-37)56-44-26-13-11-24-40(44)42-30-45-41(31-46(42)56)39-23-10-12-25-43(39)55(45)38-21-8-3-9-22-38/h1-32H. The molecule has 0 atom stereocenters. The van der Waals surface area contributed by atoms with Gasteiger partial charge in [0.2, 0.25) is 0 Å². The van der Waals surface area contributed by atoms with E-state index in [0.29, 0.717) is 17.5 Å². The van der Waals surface area contributed by atoms with Gasteiger partial charge in [-0.15, -0.1) is 0 Å². The van der Waals surface area contributed by atoms with Crippen LogP contribution in [0.1, 0.15) is 0 Å². The van der Waals surface area contributed by atoms with Crippen LogP contribution >= 0.6 is 0 Å². The first-order chi connectivity index (χ1) is 27.8. The lowest BCUT2D eigenvalue weighted by molar-refractivity contribution is 1.05. The minimum Gasteiger partial charge on any atom is -0.309 e. The molecule has 0 aliphatic heterocycles. The Hall–Kier alpha value is -7.70. The number of fused-ring (bicyclic) bond motifs is 6. The maximum atomic E-state index is 5.11. The highest BCUT2D eigenvalue weighted by Crippen LogP contribution is 2.39. The molecule has 0 bridgehead atoms. The van der Waals surface area contributed by atoms with E-state index in [0.717, 1.165) is 50.4 Å². The molecule has 0 aliphatic rings. The summed E-state index contributed by atoms with van der Waals surface area (Å²) in [4.78, 5) is 20.1. The van der Waals surface area contributed by atoms with E-state index in [1.165, 1.54) is 32.6 Å². The van der Waals surface area contributed by atoms with Gasteiger partial charge in [0.25, 0.3) is 0 Å². The Balaban J connectivity index is 1.06. The summed E-state index contributed by atoms with van der Waals surface area (Å²) in [6.45, 7) is 0. The summed E-state index contributed by atoms with van der Waals surface area (Å²) in [5.41, 5.74) is 10.6. The summed E-state index contributed by atoms with van der Waals surface area (Å²) in [6.07, 6.45) is 1.88. The van der Waals surface area contributed by atoms with Crippen LogP contribution in [0.4, 0.5) is 0 Å². The molecule has 7 aromatic carbocycles.